The summed E-state index contributed by atoms with van der Waals surface area (Å²) in [5.41, 5.74) is 0.692. The van der Waals surface area contributed by atoms with E-state index in [1.165, 1.54) is 19.1 Å². The molecule has 1 unspecified atom stereocenters. The van der Waals surface area contributed by atoms with Crippen LogP contribution in [0.5, 0.6) is 0 Å². The molecule has 2 aliphatic rings. The number of fused-ring (bicyclic) bond motifs is 1. The standard InChI is InChI=1S/C30H47N5O10S/c1-21(36)23-18-22(6-7-25(23)35(40)41)19-32-28(38)8-10-42-12-14-44-16-17-45-15-13-43-11-9-31-27(37)5-3-2-4-26-29-24(20-46-26)33-30(39)34-29/h6-7,18,21,24,26,29,36H,2-5,8-17,19-20H2,1H3,(H,31,37)(H,32,38)(H2,33,34,39)/t21?,24-,26-,29-/m0/s1. The number of amides is 4. The summed E-state index contributed by atoms with van der Waals surface area (Å²) in [4.78, 5) is 46.0. The van der Waals surface area contributed by atoms with E-state index in [4.69, 9.17) is 18.9 Å². The molecule has 46 heavy (non-hydrogen) atoms. The number of benzene rings is 1. The van der Waals surface area contributed by atoms with Crippen molar-refractivity contribution < 1.29 is 43.4 Å². The van der Waals surface area contributed by atoms with E-state index in [1.54, 1.807) is 6.07 Å². The molecular formula is C30H47N5O10S. The predicted octanol–water partition coefficient (Wildman–Crippen LogP) is 1.56. The highest BCUT2D eigenvalue weighted by Crippen LogP contribution is 2.33. The first-order chi connectivity index (χ1) is 22.2. The molecule has 258 valence electrons. The van der Waals surface area contributed by atoms with Crippen molar-refractivity contribution in [1.29, 1.82) is 0 Å². The van der Waals surface area contributed by atoms with Crippen LogP contribution in [0, 0.1) is 10.1 Å². The van der Waals surface area contributed by atoms with Gasteiger partial charge in [0, 0.05) is 43.0 Å². The van der Waals surface area contributed by atoms with Crippen molar-refractivity contribution in [3.05, 3.63) is 39.4 Å². The molecule has 1 aromatic rings. The number of rotatable bonds is 24. The number of unbranched alkanes of at least 4 members (excludes halogenated alkanes) is 1. The topological polar surface area (TPSA) is 200 Å². The third-order valence-electron chi connectivity index (χ3n) is 7.47. The third kappa shape index (κ3) is 13.8. The molecule has 1 aromatic carbocycles. The van der Waals surface area contributed by atoms with Gasteiger partial charge in [-0.1, -0.05) is 12.5 Å². The zero-order valence-electron chi connectivity index (χ0n) is 26.3. The van der Waals surface area contributed by atoms with Gasteiger partial charge >= 0.3 is 6.03 Å². The molecule has 5 N–H and O–H groups in total. The minimum Gasteiger partial charge on any atom is -0.388 e. The van der Waals surface area contributed by atoms with Gasteiger partial charge in [-0.3, -0.25) is 19.7 Å². The summed E-state index contributed by atoms with van der Waals surface area (Å²) in [5, 5.41) is 32.8. The number of aliphatic hydroxyl groups is 1. The fourth-order valence-corrected chi connectivity index (χ4v) is 6.60. The molecular weight excluding hydrogens is 622 g/mol. The van der Waals surface area contributed by atoms with Gasteiger partial charge in [0.2, 0.25) is 11.8 Å². The molecule has 0 aromatic heterocycles. The van der Waals surface area contributed by atoms with E-state index >= 15 is 0 Å². The Bertz CT molecular complexity index is 1130. The number of aliphatic hydroxyl groups excluding tert-OH is 1. The molecule has 0 saturated carbocycles. The normalized spacial score (nSPS) is 19.3. The molecule has 0 bridgehead atoms. The lowest BCUT2D eigenvalue weighted by atomic mass is 10.0. The maximum Gasteiger partial charge on any atom is 0.315 e. The second-order valence-corrected chi connectivity index (χ2v) is 12.3. The number of ether oxygens (including phenoxy) is 4. The maximum atomic E-state index is 12.0. The molecule has 16 heteroatoms. The van der Waals surface area contributed by atoms with Gasteiger partial charge in [0.15, 0.2) is 0 Å². The van der Waals surface area contributed by atoms with Crippen molar-refractivity contribution in [1.82, 2.24) is 21.3 Å². The largest absolute Gasteiger partial charge is 0.388 e. The monoisotopic (exact) mass is 669 g/mol. The molecule has 2 heterocycles. The first-order valence-electron chi connectivity index (χ1n) is 15.7. The molecule has 15 nitrogen and oxygen atoms in total. The van der Waals surface area contributed by atoms with E-state index < -0.39 is 11.0 Å². The van der Waals surface area contributed by atoms with Crippen molar-refractivity contribution in [2.24, 2.45) is 0 Å². The van der Waals surface area contributed by atoms with Gasteiger partial charge in [0.05, 0.1) is 81.5 Å². The lowest BCUT2D eigenvalue weighted by Crippen LogP contribution is -2.36. The van der Waals surface area contributed by atoms with Gasteiger partial charge in [0.25, 0.3) is 5.69 Å². The van der Waals surface area contributed by atoms with Crippen LogP contribution in [-0.4, -0.2) is 110 Å². The lowest BCUT2D eigenvalue weighted by Gasteiger charge is -2.16. The Morgan fingerprint density at radius 1 is 0.978 bits per heavy atom. The molecule has 2 saturated heterocycles. The minimum atomic E-state index is -0.996. The Morgan fingerprint density at radius 3 is 2.30 bits per heavy atom. The van der Waals surface area contributed by atoms with Crippen LogP contribution in [0.25, 0.3) is 0 Å². The number of nitro benzene ring substituents is 1. The van der Waals surface area contributed by atoms with Gasteiger partial charge in [-0.2, -0.15) is 11.8 Å². The van der Waals surface area contributed by atoms with Crippen LogP contribution in [0.4, 0.5) is 10.5 Å². The quantitative estimate of drug-likeness (QED) is 0.0463. The highest BCUT2D eigenvalue weighted by Gasteiger charge is 2.42. The Morgan fingerprint density at radius 2 is 1.63 bits per heavy atom. The summed E-state index contributed by atoms with van der Waals surface area (Å²) in [6.45, 7) is 5.07. The smallest absolute Gasteiger partial charge is 0.315 e. The number of nitrogens with zero attached hydrogens (tertiary/aromatic N) is 1. The highest BCUT2D eigenvalue weighted by molar-refractivity contribution is 8.00. The maximum absolute atomic E-state index is 12.0. The summed E-state index contributed by atoms with van der Waals surface area (Å²) >= 11 is 1.89. The van der Waals surface area contributed by atoms with E-state index in [-0.39, 0.29) is 60.8 Å². The molecule has 3 rings (SSSR count). The predicted molar refractivity (Wildman–Crippen MR) is 170 cm³/mol. The average Bonchev–Trinajstić information content (AvgIpc) is 3.58. The number of carbonyl (C=O) groups is 3. The Balaban J connectivity index is 1.04. The third-order valence-corrected chi connectivity index (χ3v) is 8.98. The minimum absolute atomic E-state index is 0.0180. The molecule has 0 spiro atoms. The summed E-state index contributed by atoms with van der Waals surface area (Å²) in [6, 6.07) is 4.75. The summed E-state index contributed by atoms with van der Waals surface area (Å²) in [6.07, 6.45) is 2.42. The molecule has 4 atom stereocenters. The zero-order valence-corrected chi connectivity index (χ0v) is 27.1. The van der Waals surface area contributed by atoms with E-state index in [0.29, 0.717) is 70.0 Å². The second-order valence-electron chi connectivity index (χ2n) is 11.0. The van der Waals surface area contributed by atoms with Gasteiger partial charge < -0.3 is 45.3 Å². The Hall–Kier alpha value is -3.02. The molecule has 4 amide bonds. The molecule has 2 aliphatic heterocycles. The Kier molecular flexibility index (Phi) is 17.1. The number of carbonyl (C=O) groups excluding carboxylic acids is 3. The SMILES string of the molecule is CC(O)c1cc(CNC(=O)CCOCCOCCOCCOCCNC(=O)CCCC[C@@H]2SC[C@@H]3NC(=O)N[C@@H]32)ccc1[N+](=O)[O-]. The number of urea groups is 1. The summed E-state index contributed by atoms with van der Waals surface area (Å²) < 4.78 is 21.8. The van der Waals surface area contributed by atoms with Crippen molar-refractivity contribution in [3.63, 3.8) is 0 Å². The van der Waals surface area contributed by atoms with Gasteiger partial charge in [0.1, 0.15) is 0 Å². The van der Waals surface area contributed by atoms with Crippen molar-refractivity contribution >= 4 is 35.3 Å². The van der Waals surface area contributed by atoms with E-state index in [9.17, 15) is 29.6 Å². The van der Waals surface area contributed by atoms with Crippen LogP contribution >= 0.6 is 11.8 Å². The molecule has 0 radical (unpaired) electrons. The van der Waals surface area contributed by atoms with Crippen LogP contribution in [0.1, 0.15) is 56.3 Å². The fraction of sp³-hybridized carbons (Fsp3) is 0.700. The summed E-state index contributed by atoms with van der Waals surface area (Å²) in [7, 11) is 0. The average molecular weight is 670 g/mol. The van der Waals surface area contributed by atoms with E-state index in [1.807, 2.05) is 11.8 Å². The number of hydrogen-bond donors (Lipinski definition) is 5. The number of hydrogen-bond acceptors (Lipinski definition) is 11. The zero-order chi connectivity index (χ0) is 33.1. The summed E-state index contributed by atoms with van der Waals surface area (Å²) in [5.74, 6) is 0.740. The Labute approximate surface area is 273 Å². The van der Waals surface area contributed by atoms with Gasteiger partial charge in [-0.25, -0.2) is 4.79 Å². The van der Waals surface area contributed by atoms with Crippen molar-refractivity contribution in [2.45, 2.75) is 69.0 Å². The van der Waals surface area contributed by atoms with E-state index in [2.05, 4.69) is 21.3 Å². The van der Waals surface area contributed by atoms with Crippen molar-refractivity contribution in [2.75, 3.05) is 65.2 Å². The first kappa shape index (κ1) is 37.4. The molecule has 2 fully saturated rings. The molecule has 0 aliphatic carbocycles. The van der Waals surface area contributed by atoms with Crippen LogP contribution in [0.2, 0.25) is 0 Å². The van der Waals surface area contributed by atoms with E-state index in [0.717, 1.165) is 25.0 Å². The number of nitro groups is 1. The fourth-order valence-electron chi connectivity index (χ4n) is 5.06. The van der Waals surface area contributed by atoms with Crippen molar-refractivity contribution in [3.8, 4) is 0 Å². The first-order valence-corrected chi connectivity index (χ1v) is 16.8. The van der Waals surface area contributed by atoms with Crippen LogP contribution in [0.3, 0.4) is 0 Å². The second kappa shape index (κ2) is 21.0. The number of thioether (sulfide) groups is 1. The van der Waals surface area contributed by atoms with Crippen LogP contribution < -0.4 is 21.3 Å². The highest BCUT2D eigenvalue weighted by atomic mass is 32.2. The van der Waals surface area contributed by atoms with Crippen LogP contribution in [0.15, 0.2) is 18.2 Å². The van der Waals surface area contributed by atoms with Gasteiger partial charge in [-0.15, -0.1) is 0 Å². The van der Waals surface area contributed by atoms with Gasteiger partial charge in [-0.05, 0) is 31.4 Å². The van der Waals surface area contributed by atoms with Crippen LogP contribution in [-0.2, 0) is 35.1 Å². The number of nitrogens with one attached hydrogen (secondary N) is 4. The lowest BCUT2D eigenvalue weighted by molar-refractivity contribution is -0.386.